The fourth-order valence-corrected chi connectivity index (χ4v) is 1.59. The minimum atomic E-state index is -3.45. The van der Waals surface area contributed by atoms with Gasteiger partial charge in [0.05, 0.1) is 25.1 Å². The summed E-state index contributed by atoms with van der Waals surface area (Å²) in [6, 6.07) is 0. The van der Waals surface area contributed by atoms with Crippen molar-refractivity contribution in [3.05, 3.63) is 0 Å². The van der Waals surface area contributed by atoms with Crippen LogP contribution in [0.15, 0.2) is 0 Å². The van der Waals surface area contributed by atoms with E-state index in [9.17, 15) is 8.42 Å². The fraction of sp³-hybridized carbons (Fsp3) is 1.00. The standard InChI is InChI=1S/C9H19ClO4S/c1-4-8(2)9(13-3)7-14-5-6-15(10,11)12/h8-9H,4-7H2,1-3H3. The first-order valence-corrected chi connectivity index (χ1v) is 7.41. The zero-order valence-electron chi connectivity index (χ0n) is 9.40. The zero-order chi connectivity index (χ0) is 11.9. The molecule has 2 unspecified atom stereocenters. The van der Waals surface area contributed by atoms with E-state index in [1.54, 1.807) is 7.11 Å². The van der Waals surface area contributed by atoms with Gasteiger partial charge in [-0.1, -0.05) is 20.3 Å². The molecule has 4 nitrogen and oxygen atoms in total. The first kappa shape index (κ1) is 15.2. The summed E-state index contributed by atoms with van der Waals surface area (Å²) in [7, 11) is 3.21. The molecule has 0 fully saturated rings. The van der Waals surface area contributed by atoms with Crippen molar-refractivity contribution in [3.63, 3.8) is 0 Å². The Hall–Kier alpha value is 0.160. The van der Waals surface area contributed by atoms with Crippen molar-refractivity contribution >= 4 is 19.7 Å². The molecule has 0 aliphatic carbocycles. The molecule has 0 aliphatic heterocycles. The van der Waals surface area contributed by atoms with E-state index in [-0.39, 0.29) is 18.5 Å². The lowest BCUT2D eigenvalue weighted by molar-refractivity contribution is -0.0161. The van der Waals surface area contributed by atoms with E-state index in [0.29, 0.717) is 12.5 Å². The Morgan fingerprint density at radius 2 is 2.00 bits per heavy atom. The largest absolute Gasteiger partial charge is 0.379 e. The Kier molecular flexibility index (Phi) is 7.52. The second kappa shape index (κ2) is 7.44. The van der Waals surface area contributed by atoms with Gasteiger partial charge < -0.3 is 9.47 Å². The normalized spacial score (nSPS) is 16.3. The monoisotopic (exact) mass is 258 g/mol. The molecular formula is C9H19ClO4S. The molecule has 0 saturated heterocycles. The van der Waals surface area contributed by atoms with Crippen LogP contribution in [0.4, 0.5) is 0 Å². The molecule has 0 aromatic heterocycles. The number of hydrogen-bond acceptors (Lipinski definition) is 4. The van der Waals surface area contributed by atoms with Gasteiger partial charge in [-0.2, -0.15) is 0 Å². The average molecular weight is 259 g/mol. The number of ether oxygens (including phenoxy) is 2. The topological polar surface area (TPSA) is 52.6 Å². The Balaban J connectivity index is 3.73. The summed E-state index contributed by atoms with van der Waals surface area (Å²) in [4.78, 5) is 0. The van der Waals surface area contributed by atoms with Gasteiger partial charge in [0.25, 0.3) is 0 Å². The maximum Gasteiger partial charge on any atom is 0.234 e. The molecule has 0 spiro atoms. The van der Waals surface area contributed by atoms with Gasteiger partial charge in [0, 0.05) is 17.8 Å². The molecule has 0 saturated carbocycles. The van der Waals surface area contributed by atoms with Crippen LogP contribution < -0.4 is 0 Å². The van der Waals surface area contributed by atoms with Crippen LogP contribution in [0.1, 0.15) is 20.3 Å². The van der Waals surface area contributed by atoms with Crippen LogP contribution in [0.3, 0.4) is 0 Å². The third-order valence-electron chi connectivity index (χ3n) is 2.33. The Bertz CT molecular complexity index is 253. The van der Waals surface area contributed by atoms with E-state index in [2.05, 4.69) is 13.8 Å². The van der Waals surface area contributed by atoms with Gasteiger partial charge >= 0.3 is 0 Å². The first-order chi connectivity index (χ1) is 6.90. The molecule has 0 rings (SSSR count). The average Bonchev–Trinajstić information content (AvgIpc) is 2.15. The van der Waals surface area contributed by atoms with Crippen molar-refractivity contribution in [2.75, 3.05) is 26.1 Å². The van der Waals surface area contributed by atoms with Crippen LogP contribution in [0, 0.1) is 5.92 Å². The Morgan fingerprint density at radius 1 is 1.40 bits per heavy atom. The summed E-state index contributed by atoms with van der Waals surface area (Å²) in [6.45, 7) is 4.65. The summed E-state index contributed by atoms with van der Waals surface area (Å²) in [5.74, 6) is 0.230. The van der Waals surface area contributed by atoms with Crippen molar-refractivity contribution < 1.29 is 17.9 Å². The molecule has 6 heteroatoms. The summed E-state index contributed by atoms with van der Waals surface area (Å²) >= 11 is 0. The predicted molar refractivity (Wildman–Crippen MR) is 60.7 cm³/mol. The van der Waals surface area contributed by atoms with Crippen molar-refractivity contribution in [3.8, 4) is 0 Å². The predicted octanol–water partition coefficient (Wildman–Crippen LogP) is 1.63. The number of rotatable bonds is 8. The van der Waals surface area contributed by atoms with E-state index < -0.39 is 9.05 Å². The molecule has 0 heterocycles. The molecule has 0 bridgehead atoms. The van der Waals surface area contributed by atoms with Crippen LogP contribution in [-0.2, 0) is 18.5 Å². The highest BCUT2D eigenvalue weighted by atomic mass is 35.7. The van der Waals surface area contributed by atoms with Crippen molar-refractivity contribution in [2.45, 2.75) is 26.4 Å². The van der Waals surface area contributed by atoms with Gasteiger partial charge in [0.2, 0.25) is 9.05 Å². The maximum atomic E-state index is 10.6. The van der Waals surface area contributed by atoms with Gasteiger partial charge in [-0.15, -0.1) is 0 Å². The molecule has 0 aliphatic rings. The summed E-state index contributed by atoms with van der Waals surface area (Å²) in [6.07, 6.45) is 1.00. The third-order valence-corrected chi connectivity index (χ3v) is 3.45. The van der Waals surface area contributed by atoms with E-state index in [4.69, 9.17) is 20.2 Å². The third kappa shape index (κ3) is 8.02. The van der Waals surface area contributed by atoms with Crippen LogP contribution >= 0.6 is 10.7 Å². The molecule has 0 N–H and O–H groups in total. The van der Waals surface area contributed by atoms with E-state index in [1.807, 2.05) is 0 Å². The maximum absolute atomic E-state index is 10.6. The van der Waals surface area contributed by atoms with Gasteiger partial charge in [0.1, 0.15) is 0 Å². The molecule has 15 heavy (non-hydrogen) atoms. The van der Waals surface area contributed by atoms with Crippen LogP contribution in [0.25, 0.3) is 0 Å². The lowest BCUT2D eigenvalue weighted by atomic mass is 10.0. The van der Waals surface area contributed by atoms with Gasteiger partial charge in [0.15, 0.2) is 0 Å². The molecular weight excluding hydrogens is 240 g/mol. The lowest BCUT2D eigenvalue weighted by Gasteiger charge is -2.21. The van der Waals surface area contributed by atoms with Gasteiger partial charge in [-0.3, -0.25) is 0 Å². The second-order valence-corrected chi connectivity index (χ2v) is 6.37. The second-order valence-electron chi connectivity index (χ2n) is 3.48. The SMILES string of the molecule is CCC(C)C(COCCS(=O)(=O)Cl)OC. The van der Waals surface area contributed by atoms with E-state index in [0.717, 1.165) is 6.42 Å². The summed E-state index contributed by atoms with van der Waals surface area (Å²) < 4.78 is 31.6. The summed E-state index contributed by atoms with van der Waals surface area (Å²) in [5.41, 5.74) is 0. The number of hydrogen-bond donors (Lipinski definition) is 0. The minimum absolute atomic E-state index is 0.00743. The molecule has 0 amide bonds. The van der Waals surface area contributed by atoms with E-state index >= 15 is 0 Å². The molecule has 0 radical (unpaired) electrons. The first-order valence-electron chi connectivity index (χ1n) is 4.93. The fourth-order valence-electron chi connectivity index (χ4n) is 1.09. The zero-order valence-corrected chi connectivity index (χ0v) is 11.0. The molecule has 2 atom stereocenters. The van der Waals surface area contributed by atoms with Gasteiger partial charge in [-0.05, 0) is 5.92 Å². The van der Waals surface area contributed by atoms with Crippen LogP contribution in [-0.4, -0.2) is 40.6 Å². The van der Waals surface area contributed by atoms with E-state index in [1.165, 1.54) is 0 Å². The quantitative estimate of drug-likeness (QED) is 0.491. The van der Waals surface area contributed by atoms with Crippen LogP contribution in [0.5, 0.6) is 0 Å². The van der Waals surface area contributed by atoms with Gasteiger partial charge in [-0.25, -0.2) is 8.42 Å². The highest BCUT2D eigenvalue weighted by molar-refractivity contribution is 8.13. The number of methoxy groups -OCH3 is 1. The van der Waals surface area contributed by atoms with Crippen molar-refractivity contribution in [1.29, 1.82) is 0 Å². The highest BCUT2D eigenvalue weighted by Gasteiger charge is 2.15. The minimum Gasteiger partial charge on any atom is -0.379 e. The highest BCUT2D eigenvalue weighted by Crippen LogP contribution is 2.11. The Labute approximate surface area is 96.3 Å². The van der Waals surface area contributed by atoms with Crippen LogP contribution in [0.2, 0.25) is 0 Å². The van der Waals surface area contributed by atoms with Crippen molar-refractivity contribution in [2.24, 2.45) is 5.92 Å². The number of halogens is 1. The molecule has 0 aromatic carbocycles. The Morgan fingerprint density at radius 3 is 2.40 bits per heavy atom. The lowest BCUT2D eigenvalue weighted by Crippen LogP contribution is -2.26. The smallest absolute Gasteiger partial charge is 0.234 e. The summed E-state index contributed by atoms with van der Waals surface area (Å²) in [5, 5.41) is 0. The molecule has 92 valence electrons. The molecule has 0 aromatic rings. The van der Waals surface area contributed by atoms with Crippen molar-refractivity contribution in [1.82, 2.24) is 0 Å².